The predicted molar refractivity (Wildman–Crippen MR) is 210 cm³/mol. The summed E-state index contributed by atoms with van der Waals surface area (Å²) in [5.41, 5.74) is 0. The number of ether oxygens (including phenoxy) is 3. The molecule has 1 unspecified atom stereocenters. The van der Waals surface area contributed by atoms with Gasteiger partial charge in [0.15, 0.2) is 6.10 Å². The van der Waals surface area contributed by atoms with Crippen molar-refractivity contribution in [3.63, 3.8) is 0 Å². The highest BCUT2D eigenvalue weighted by Gasteiger charge is 2.19. The third kappa shape index (κ3) is 37.2. The second kappa shape index (κ2) is 39.7. The average molecular weight is 705 g/mol. The van der Waals surface area contributed by atoms with Gasteiger partial charge in [-0.2, -0.15) is 0 Å². The maximum Gasteiger partial charge on any atom is 0.306 e. The van der Waals surface area contributed by atoms with Gasteiger partial charge in [0, 0.05) is 19.3 Å². The molecule has 0 aliphatic rings. The van der Waals surface area contributed by atoms with Gasteiger partial charge in [0.1, 0.15) is 13.2 Å². The minimum atomic E-state index is -0.773. The maximum atomic E-state index is 12.6. The number of carbonyl (C=O) groups is 3. The predicted octanol–water partition coefficient (Wildman–Crippen LogP) is 13.2. The molecule has 0 saturated heterocycles. The van der Waals surface area contributed by atoms with Crippen molar-refractivity contribution in [2.45, 2.75) is 226 Å². The summed E-state index contributed by atoms with van der Waals surface area (Å²) in [6.07, 6.45) is 41.6. The Bertz CT molecular complexity index is 819. The van der Waals surface area contributed by atoms with Gasteiger partial charge in [-0.3, -0.25) is 14.4 Å². The molecule has 0 aromatic heterocycles. The zero-order valence-corrected chi connectivity index (χ0v) is 33.2. The van der Waals surface area contributed by atoms with Gasteiger partial charge in [0.05, 0.1) is 0 Å². The van der Waals surface area contributed by atoms with Gasteiger partial charge in [-0.15, -0.1) is 0 Å². The highest BCUT2D eigenvalue weighted by atomic mass is 16.6. The molecule has 50 heavy (non-hydrogen) atoms. The van der Waals surface area contributed by atoms with E-state index in [1.165, 1.54) is 83.5 Å². The molecule has 0 spiro atoms. The van der Waals surface area contributed by atoms with Crippen LogP contribution in [0.1, 0.15) is 220 Å². The number of esters is 3. The fourth-order valence-corrected chi connectivity index (χ4v) is 5.87. The first-order valence-electron chi connectivity index (χ1n) is 21.3. The van der Waals surface area contributed by atoms with Crippen LogP contribution in [0.25, 0.3) is 0 Å². The number of allylic oxidation sites excluding steroid dienone is 4. The number of hydrogen-bond acceptors (Lipinski definition) is 6. The van der Waals surface area contributed by atoms with E-state index < -0.39 is 6.10 Å². The lowest BCUT2D eigenvalue weighted by Gasteiger charge is -2.18. The van der Waals surface area contributed by atoms with Gasteiger partial charge >= 0.3 is 17.9 Å². The number of hydrogen-bond donors (Lipinski definition) is 0. The van der Waals surface area contributed by atoms with Crippen LogP contribution >= 0.6 is 0 Å². The molecule has 0 radical (unpaired) electrons. The SMILES string of the molecule is CCCC/C=C\CCCCCCC(=O)OCC(COC(=O)CCCCCCCCCCCCCC)OC(=O)CCCCCC/C=C\CCCC. The molecule has 6 nitrogen and oxygen atoms in total. The van der Waals surface area contributed by atoms with Crippen molar-refractivity contribution in [2.75, 3.05) is 13.2 Å². The van der Waals surface area contributed by atoms with Crippen LogP contribution in [0, 0.1) is 0 Å². The normalized spacial score (nSPS) is 12.1. The molecule has 0 fully saturated rings. The van der Waals surface area contributed by atoms with Crippen LogP contribution in [0.3, 0.4) is 0 Å². The van der Waals surface area contributed by atoms with Crippen LogP contribution in [0.15, 0.2) is 24.3 Å². The van der Waals surface area contributed by atoms with Gasteiger partial charge in [-0.25, -0.2) is 0 Å². The molecule has 0 rings (SSSR count). The van der Waals surface area contributed by atoms with E-state index in [-0.39, 0.29) is 31.1 Å². The van der Waals surface area contributed by atoms with E-state index >= 15 is 0 Å². The van der Waals surface area contributed by atoms with Crippen molar-refractivity contribution >= 4 is 17.9 Å². The fraction of sp³-hybridized carbons (Fsp3) is 0.841. The minimum Gasteiger partial charge on any atom is -0.462 e. The van der Waals surface area contributed by atoms with Gasteiger partial charge < -0.3 is 14.2 Å². The maximum absolute atomic E-state index is 12.6. The Morgan fingerprint density at radius 3 is 1.06 bits per heavy atom. The smallest absolute Gasteiger partial charge is 0.306 e. The van der Waals surface area contributed by atoms with Gasteiger partial charge in [-0.05, 0) is 57.8 Å². The minimum absolute atomic E-state index is 0.0771. The Morgan fingerprint density at radius 2 is 0.680 bits per heavy atom. The van der Waals surface area contributed by atoms with Crippen LogP contribution in [0.4, 0.5) is 0 Å². The highest BCUT2D eigenvalue weighted by Crippen LogP contribution is 2.14. The molecule has 0 saturated carbocycles. The molecular weight excluding hydrogens is 624 g/mol. The summed E-state index contributed by atoms with van der Waals surface area (Å²) in [5, 5.41) is 0. The molecular formula is C44H80O6. The average Bonchev–Trinajstić information content (AvgIpc) is 3.11. The van der Waals surface area contributed by atoms with Crippen LogP contribution in [-0.2, 0) is 28.6 Å². The molecule has 0 aromatic rings. The molecule has 0 N–H and O–H groups in total. The van der Waals surface area contributed by atoms with Gasteiger partial charge in [-0.1, -0.05) is 167 Å². The Hall–Kier alpha value is -2.11. The zero-order valence-electron chi connectivity index (χ0n) is 33.2. The van der Waals surface area contributed by atoms with Crippen molar-refractivity contribution in [1.29, 1.82) is 0 Å². The summed E-state index contributed by atoms with van der Waals surface area (Å²) in [5.74, 6) is -0.906. The summed E-state index contributed by atoms with van der Waals surface area (Å²) in [6.45, 7) is 6.51. The van der Waals surface area contributed by atoms with Crippen molar-refractivity contribution in [1.82, 2.24) is 0 Å². The summed E-state index contributed by atoms with van der Waals surface area (Å²) < 4.78 is 16.6. The van der Waals surface area contributed by atoms with Crippen LogP contribution in [0.2, 0.25) is 0 Å². The first kappa shape index (κ1) is 47.9. The zero-order chi connectivity index (χ0) is 36.6. The molecule has 292 valence electrons. The van der Waals surface area contributed by atoms with E-state index in [4.69, 9.17) is 14.2 Å². The topological polar surface area (TPSA) is 78.9 Å². The second-order valence-corrected chi connectivity index (χ2v) is 14.3. The number of carbonyl (C=O) groups excluding carboxylic acids is 3. The molecule has 0 aliphatic carbocycles. The molecule has 0 amide bonds. The molecule has 6 heteroatoms. The largest absolute Gasteiger partial charge is 0.462 e. The lowest BCUT2D eigenvalue weighted by atomic mass is 10.0. The monoisotopic (exact) mass is 705 g/mol. The Morgan fingerprint density at radius 1 is 0.380 bits per heavy atom. The fourth-order valence-electron chi connectivity index (χ4n) is 5.87. The van der Waals surface area contributed by atoms with Crippen molar-refractivity contribution in [3.8, 4) is 0 Å². The van der Waals surface area contributed by atoms with Crippen molar-refractivity contribution < 1.29 is 28.6 Å². The van der Waals surface area contributed by atoms with Crippen molar-refractivity contribution in [2.24, 2.45) is 0 Å². The lowest BCUT2D eigenvalue weighted by molar-refractivity contribution is -0.167. The number of rotatable bonds is 38. The molecule has 0 aromatic carbocycles. The second-order valence-electron chi connectivity index (χ2n) is 14.3. The number of unbranched alkanes of at least 4 members (excludes halogenated alkanes) is 23. The third-order valence-corrected chi connectivity index (χ3v) is 9.18. The molecule has 0 aliphatic heterocycles. The molecule has 0 heterocycles. The van der Waals surface area contributed by atoms with E-state index in [0.29, 0.717) is 19.3 Å². The highest BCUT2D eigenvalue weighted by molar-refractivity contribution is 5.71. The van der Waals surface area contributed by atoms with E-state index in [9.17, 15) is 14.4 Å². The molecule has 0 bridgehead atoms. The van der Waals surface area contributed by atoms with E-state index in [2.05, 4.69) is 45.1 Å². The van der Waals surface area contributed by atoms with E-state index in [0.717, 1.165) is 96.3 Å². The third-order valence-electron chi connectivity index (χ3n) is 9.18. The van der Waals surface area contributed by atoms with E-state index in [1.807, 2.05) is 0 Å². The summed E-state index contributed by atoms with van der Waals surface area (Å²) in [4.78, 5) is 37.5. The summed E-state index contributed by atoms with van der Waals surface area (Å²) in [7, 11) is 0. The summed E-state index contributed by atoms with van der Waals surface area (Å²) >= 11 is 0. The Labute approximate surface area is 309 Å². The van der Waals surface area contributed by atoms with Crippen LogP contribution in [-0.4, -0.2) is 37.2 Å². The van der Waals surface area contributed by atoms with Crippen LogP contribution < -0.4 is 0 Å². The standard InChI is InChI=1S/C44H80O6/c1-4-7-10-13-16-19-22-23-26-28-31-34-37-43(46)49-40-41(50-44(47)38-35-32-29-25-21-18-15-12-9-6-3)39-48-42(45)36-33-30-27-24-20-17-14-11-8-5-2/h14-15,17-18,41H,4-13,16,19-40H2,1-3H3/b17-14-,18-15-. The molecule has 1 atom stereocenters. The summed E-state index contributed by atoms with van der Waals surface area (Å²) in [6, 6.07) is 0. The lowest BCUT2D eigenvalue weighted by Crippen LogP contribution is -2.30. The Balaban J connectivity index is 4.37. The first-order valence-corrected chi connectivity index (χ1v) is 21.3. The van der Waals surface area contributed by atoms with Gasteiger partial charge in [0.25, 0.3) is 0 Å². The first-order chi connectivity index (χ1) is 24.5. The Kier molecular flexibility index (Phi) is 38.0. The van der Waals surface area contributed by atoms with Crippen molar-refractivity contribution in [3.05, 3.63) is 24.3 Å². The van der Waals surface area contributed by atoms with Crippen LogP contribution in [0.5, 0.6) is 0 Å². The van der Waals surface area contributed by atoms with E-state index in [1.54, 1.807) is 0 Å². The van der Waals surface area contributed by atoms with Gasteiger partial charge in [0.2, 0.25) is 0 Å². The quantitative estimate of drug-likeness (QED) is 0.0275.